The van der Waals surface area contributed by atoms with Crippen LogP contribution in [0.3, 0.4) is 0 Å². The van der Waals surface area contributed by atoms with E-state index in [1.165, 1.54) is 0 Å². The maximum Gasteiger partial charge on any atom is 0.338 e. The van der Waals surface area contributed by atoms with Crippen molar-refractivity contribution in [1.82, 2.24) is 0 Å². The van der Waals surface area contributed by atoms with Crippen LogP contribution in [0.5, 0.6) is 5.75 Å². The standard InChI is InChI=1S/C22H22O6/c1-13-3-7-15(8-4-13)21(23)28-18-12-26-19-17(11-25-20(18)19)22(24)27-16-9-5-14(2)6-10-16/h3-10,17-20H,11-12H2,1-2H3. The molecule has 0 N–H and O–H groups in total. The summed E-state index contributed by atoms with van der Waals surface area (Å²) in [7, 11) is 0. The number of benzene rings is 2. The lowest BCUT2D eigenvalue weighted by atomic mass is 10.0. The number of carbonyl (C=O) groups is 2. The topological polar surface area (TPSA) is 71.1 Å². The summed E-state index contributed by atoms with van der Waals surface area (Å²) >= 11 is 0. The van der Waals surface area contributed by atoms with Gasteiger partial charge in [0.2, 0.25) is 0 Å². The Morgan fingerprint density at radius 3 is 2.14 bits per heavy atom. The van der Waals surface area contributed by atoms with E-state index >= 15 is 0 Å². The number of aryl methyl sites for hydroxylation is 2. The van der Waals surface area contributed by atoms with Crippen molar-refractivity contribution in [3.05, 3.63) is 65.2 Å². The van der Waals surface area contributed by atoms with Crippen LogP contribution in [0.15, 0.2) is 48.5 Å². The SMILES string of the molecule is Cc1ccc(OC(=O)C2COC3C(OC(=O)c4ccc(C)cc4)COC23)cc1. The Hall–Kier alpha value is -2.70. The molecule has 2 fully saturated rings. The first-order chi connectivity index (χ1) is 13.5. The van der Waals surface area contributed by atoms with Crippen LogP contribution in [-0.2, 0) is 19.0 Å². The fourth-order valence-corrected chi connectivity index (χ4v) is 3.46. The molecule has 2 aromatic carbocycles. The van der Waals surface area contributed by atoms with Crippen LogP contribution < -0.4 is 4.74 Å². The monoisotopic (exact) mass is 382 g/mol. The number of rotatable bonds is 4. The van der Waals surface area contributed by atoms with E-state index in [-0.39, 0.29) is 13.2 Å². The molecule has 0 spiro atoms. The van der Waals surface area contributed by atoms with E-state index in [0.29, 0.717) is 11.3 Å². The summed E-state index contributed by atoms with van der Waals surface area (Å²) in [4.78, 5) is 24.9. The van der Waals surface area contributed by atoms with E-state index in [9.17, 15) is 9.59 Å². The molecule has 0 amide bonds. The molecule has 4 rings (SSSR count). The first-order valence-corrected chi connectivity index (χ1v) is 9.30. The molecule has 0 bridgehead atoms. The van der Waals surface area contributed by atoms with E-state index in [2.05, 4.69) is 0 Å². The summed E-state index contributed by atoms with van der Waals surface area (Å²) in [5, 5.41) is 0. The quantitative estimate of drug-likeness (QED) is 0.598. The van der Waals surface area contributed by atoms with Crippen LogP contribution in [0.2, 0.25) is 0 Å². The van der Waals surface area contributed by atoms with E-state index in [1.807, 2.05) is 38.1 Å². The molecule has 0 aromatic heterocycles. The van der Waals surface area contributed by atoms with Crippen LogP contribution >= 0.6 is 0 Å². The minimum atomic E-state index is -0.547. The number of ether oxygens (including phenoxy) is 4. The molecule has 6 heteroatoms. The smallest absolute Gasteiger partial charge is 0.338 e. The summed E-state index contributed by atoms with van der Waals surface area (Å²) in [6, 6.07) is 14.4. The van der Waals surface area contributed by atoms with Gasteiger partial charge in [0.05, 0.1) is 18.8 Å². The van der Waals surface area contributed by atoms with Gasteiger partial charge < -0.3 is 18.9 Å². The van der Waals surface area contributed by atoms with Gasteiger partial charge in [0.25, 0.3) is 0 Å². The third-order valence-corrected chi connectivity index (χ3v) is 5.10. The summed E-state index contributed by atoms with van der Waals surface area (Å²) in [6.45, 7) is 4.29. The Morgan fingerprint density at radius 2 is 1.46 bits per heavy atom. The van der Waals surface area contributed by atoms with E-state index in [4.69, 9.17) is 18.9 Å². The summed E-state index contributed by atoms with van der Waals surface area (Å²) < 4.78 is 22.5. The van der Waals surface area contributed by atoms with E-state index in [1.54, 1.807) is 24.3 Å². The number of hydrogen-bond donors (Lipinski definition) is 0. The minimum absolute atomic E-state index is 0.179. The van der Waals surface area contributed by atoms with Crippen molar-refractivity contribution in [3.8, 4) is 5.75 Å². The molecule has 0 radical (unpaired) electrons. The van der Waals surface area contributed by atoms with Gasteiger partial charge in [-0.3, -0.25) is 4.79 Å². The van der Waals surface area contributed by atoms with Crippen molar-refractivity contribution in [3.63, 3.8) is 0 Å². The zero-order valence-electron chi connectivity index (χ0n) is 15.8. The fourth-order valence-electron chi connectivity index (χ4n) is 3.46. The van der Waals surface area contributed by atoms with Crippen LogP contribution in [0, 0.1) is 19.8 Å². The molecule has 4 unspecified atom stereocenters. The molecule has 2 aliphatic heterocycles. The molecule has 2 saturated heterocycles. The van der Waals surface area contributed by atoms with Gasteiger partial charge >= 0.3 is 11.9 Å². The lowest BCUT2D eigenvalue weighted by molar-refractivity contribution is -0.142. The van der Waals surface area contributed by atoms with Crippen molar-refractivity contribution < 1.29 is 28.5 Å². The van der Waals surface area contributed by atoms with E-state index in [0.717, 1.165) is 11.1 Å². The lowest BCUT2D eigenvalue weighted by Crippen LogP contribution is -2.35. The molecule has 2 aliphatic rings. The van der Waals surface area contributed by atoms with Gasteiger partial charge in [-0.05, 0) is 38.1 Å². The highest BCUT2D eigenvalue weighted by Crippen LogP contribution is 2.34. The van der Waals surface area contributed by atoms with Gasteiger partial charge in [0, 0.05) is 0 Å². The van der Waals surface area contributed by atoms with Gasteiger partial charge in [-0.1, -0.05) is 35.4 Å². The normalized spacial score (nSPS) is 25.9. The maximum atomic E-state index is 12.5. The average molecular weight is 382 g/mol. The zero-order chi connectivity index (χ0) is 19.7. The van der Waals surface area contributed by atoms with Gasteiger partial charge in [-0.2, -0.15) is 0 Å². The molecule has 146 valence electrons. The van der Waals surface area contributed by atoms with Crippen LogP contribution in [0.25, 0.3) is 0 Å². The molecular formula is C22H22O6. The maximum absolute atomic E-state index is 12.5. The van der Waals surface area contributed by atoms with Gasteiger partial charge in [0.15, 0.2) is 6.10 Å². The predicted molar refractivity (Wildman–Crippen MR) is 100 cm³/mol. The lowest BCUT2D eigenvalue weighted by Gasteiger charge is -2.17. The molecule has 28 heavy (non-hydrogen) atoms. The second-order valence-corrected chi connectivity index (χ2v) is 7.25. The van der Waals surface area contributed by atoms with Gasteiger partial charge in [-0.25, -0.2) is 4.79 Å². The summed E-state index contributed by atoms with van der Waals surface area (Å²) in [5.41, 5.74) is 2.62. The Morgan fingerprint density at radius 1 is 0.857 bits per heavy atom. The highest BCUT2D eigenvalue weighted by atomic mass is 16.6. The van der Waals surface area contributed by atoms with Crippen LogP contribution in [0.4, 0.5) is 0 Å². The summed E-state index contributed by atoms with van der Waals surface area (Å²) in [6.07, 6.45) is -1.49. The van der Waals surface area contributed by atoms with Crippen molar-refractivity contribution in [2.45, 2.75) is 32.2 Å². The highest BCUT2D eigenvalue weighted by molar-refractivity contribution is 5.89. The van der Waals surface area contributed by atoms with E-state index < -0.39 is 36.2 Å². The first kappa shape index (κ1) is 18.7. The molecule has 4 atom stereocenters. The number of esters is 2. The van der Waals surface area contributed by atoms with Crippen molar-refractivity contribution in [2.75, 3.05) is 13.2 Å². The molecular weight excluding hydrogens is 360 g/mol. The number of fused-ring (bicyclic) bond motifs is 1. The summed E-state index contributed by atoms with van der Waals surface area (Å²) in [5.74, 6) is -0.890. The minimum Gasteiger partial charge on any atom is -0.453 e. The molecule has 2 heterocycles. The predicted octanol–water partition coefficient (Wildman–Crippen LogP) is 2.85. The van der Waals surface area contributed by atoms with Crippen molar-refractivity contribution in [2.24, 2.45) is 5.92 Å². The molecule has 0 saturated carbocycles. The molecule has 6 nitrogen and oxygen atoms in total. The Kier molecular flexibility index (Phi) is 5.15. The second kappa shape index (κ2) is 7.73. The fraction of sp³-hybridized carbons (Fsp3) is 0.364. The first-order valence-electron chi connectivity index (χ1n) is 9.30. The Balaban J connectivity index is 1.37. The zero-order valence-corrected chi connectivity index (χ0v) is 15.8. The highest BCUT2D eigenvalue weighted by Gasteiger charge is 2.52. The second-order valence-electron chi connectivity index (χ2n) is 7.25. The molecule has 0 aliphatic carbocycles. The van der Waals surface area contributed by atoms with Gasteiger partial charge in [-0.15, -0.1) is 0 Å². The van der Waals surface area contributed by atoms with Crippen LogP contribution in [0.1, 0.15) is 21.5 Å². The number of hydrogen-bond acceptors (Lipinski definition) is 6. The number of carbonyl (C=O) groups excluding carboxylic acids is 2. The van der Waals surface area contributed by atoms with Crippen molar-refractivity contribution >= 4 is 11.9 Å². The third kappa shape index (κ3) is 3.79. The van der Waals surface area contributed by atoms with Crippen molar-refractivity contribution in [1.29, 1.82) is 0 Å². The molecule has 2 aromatic rings. The largest absolute Gasteiger partial charge is 0.453 e. The van der Waals surface area contributed by atoms with Gasteiger partial charge in [0.1, 0.15) is 23.9 Å². The third-order valence-electron chi connectivity index (χ3n) is 5.10. The average Bonchev–Trinajstić information content (AvgIpc) is 3.27. The Bertz CT molecular complexity index is 858. The van der Waals surface area contributed by atoms with Crippen LogP contribution in [-0.4, -0.2) is 43.5 Å². The Labute approximate surface area is 163 Å².